The van der Waals surface area contributed by atoms with E-state index >= 15 is 0 Å². The zero-order valence-corrected chi connectivity index (χ0v) is 10.7. The van der Waals surface area contributed by atoms with E-state index in [2.05, 4.69) is 18.9 Å². The third-order valence-corrected chi connectivity index (χ3v) is 1.67. The molecular formula is C8H6F12O4. The van der Waals surface area contributed by atoms with E-state index in [0.717, 1.165) is 0 Å². The van der Waals surface area contributed by atoms with Crippen molar-refractivity contribution >= 4 is 0 Å². The zero-order chi connectivity index (χ0) is 19.4. The van der Waals surface area contributed by atoms with E-state index in [-0.39, 0.29) is 0 Å². The fourth-order valence-electron chi connectivity index (χ4n) is 0.858. The van der Waals surface area contributed by atoms with Crippen LogP contribution < -0.4 is 0 Å². The summed E-state index contributed by atoms with van der Waals surface area (Å²) in [5, 5.41) is 0. The van der Waals surface area contributed by atoms with E-state index in [4.69, 9.17) is 0 Å². The Hall–Kier alpha value is -1.00. The second kappa shape index (κ2) is 7.92. The summed E-state index contributed by atoms with van der Waals surface area (Å²) in [5.74, 6) is 0. The second-order valence-corrected chi connectivity index (χ2v) is 3.58. The molecule has 146 valence electrons. The molecule has 0 aromatic carbocycles. The lowest BCUT2D eigenvalue weighted by molar-refractivity contribution is -0.432. The van der Waals surface area contributed by atoms with Gasteiger partial charge in [-0.05, 0) is 0 Å². The molecule has 0 heterocycles. The molecule has 0 radical (unpaired) electrons. The number of rotatable bonds is 9. The minimum absolute atomic E-state index is 1.76. The highest BCUT2D eigenvalue weighted by molar-refractivity contribution is 4.60. The largest absolute Gasteiger partial charge is 0.525 e. The molecule has 0 bridgehead atoms. The third kappa shape index (κ3) is 9.33. The molecular weight excluding hydrogens is 388 g/mol. The maximum Gasteiger partial charge on any atom is 0.525 e. The summed E-state index contributed by atoms with van der Waals surface area (Å²) in [6, 6.07) is 0. The topological polar surface area (TPSA) is 36.9 Å². The number of alkyl halides is 12. The molecule has 0 aliphatic carbocycles. The van der Waals surface area contributed by atoms with Crippen LogP contribution >= 0.6 is 0 Å². The highest BCUT2D eigenvalue weighted by atomic mass is 19.4. The second-order valence-electron chi connectivity index (χ2n) is 3.58. The number of hydrogen-bond donors (Lipinski definition) is 0. The number of hydrogen-bond acceptors (Lipinski definition) is 4. The Morgan fingerprint density at radius 1 is 0.542 bits per heavy atom. The van der Waals surface area contributed by atoms with E-state index in [1.807, 2.05) is 0 Å². The van der Waals surface area contributed by atoms with Crippen LogP contribution in [0.2, 0.25) is 0 Å². The van der Waals surface area contributed by atoms with E-state index in [9.17, 15) is 52.7 Å². The first-order valence-corrected chi connectivity index (χ1v) is 5.27. The number of ether oxygens (including phenoxy) is 4. The zero-order valence-electron chi connectivity index (χ0n) is 10.7. The van der Waals surface area contributed by atoms with Crippen LogP contribution in [0.15, 0.2) is 0 Å². The van der Waals surface area contributed by atoms with Crippen LogP contribution in [0, 0.1) is 0 Å². The molecule has 0 aliphatic heterocycles. The molecule has 0 amide bonds. The van der Waals surface area contributed by atoms with Crippen molar-refractivity contribution in [3.63, 3.8) is 0 Å². The normalized spacial score (nSPS) is 17.0. The fraction of sp³-hybridized carbons (Fsp3) is 1.00. The number of halogens is 12. The van der Waals surface area contributed by atoms with Crippen LogP contribution in [0.1, 0.15) is 0 Å². The third-order valence-electron chi connectivity index (χ3n) is 1.67. The van der Waals surface area contributed by atoms with Crippen molar-refractivity contribution in [2.75, 3.05) is 13.2 Å². The predicted octanol–water partition coefficient (Wildman–Crippen LogP) is 3.87. The Morgan fingerprint density at radius 2 is 0.792 bits per heavy atom. The van der Waals surface area contributed by atoms with Crippen LogP contribution in [0.25, 0.3) is 0 Å². The molecule has 0 saturated heterocycles. The SMILES string of the molecule is FC(OC(F)(F)F)C(F)(F)OCCOC(F)(F)C(F)OC(F)(F)F. The highest BCUT2D eigenvalue weighted by Gasteiger charge is 2.51. The molecule has 16 heteroatoms. The highest BCUT2D eigenvalue weighted by Crippen LogP contribution is 2.32. The molecule has 0 rings (SSSR count). The molecule has 0 aliphatic rings. The first-order chi connectivity index (χ1) is 10.5. The first-order valence-electron chi connectivity index (χ1n) is 5.27. The van der Waals surface area contributed by atoms with Crippen molar-refractivity contribution < 1.29 is 71.6 Å². The molecule has 0 saturated carbocycles. The van der Waals surface area contributed by atoms with Gasteiger partial charge < -0.3 is 9.47 Å². The first kappa shape index (κ1) is 23.0. The van der Waals surface area contributed by atoms with Crippen molar-refractivity contribution in [2.45, 2.75) is 37.7 Å². The van der Waals surface area contributed by atoms with Crippen molar-refractivity contribution in [1.82, 2.24) is 0 Å². The van der Waals surface area contributed by atoms with Crippen LogP contribution in [-0.2, 0) is 18.9 Å². The summed E-state index contributed by atoms with van der Waals surface area (Å²) in [6.07, 6.45) is -30.9. The average Bonchev–Trinajstić information content (AvgIpc) is 2.30. The maximum absolute atomic E-state index is 12.6. The Kier molecular flexibility index (Phi) is 7.59. The average molecular weight is 394 g/mol. The van der Waals surface area contributed by atoms with Gasteiger partial charge in [0.2, 0.25) is 0 Å². The van der Waals surface area contributed by atoms with Gasteiger partial charge in [-0.1, -0.05) is 0 Å². The summed E-state index contributed by atoms with van der Waals surface area (Å²) >= 11 is 0. The fourth-order valence-corrected chi connectivity index (χ4v) is 0.858. The lowest BCUT2D eigenvalue weighted by Gasteiger charge is -2.23. The minimum Gasteiger partial charge on any atom is -0.314 e. The Labute approximate surface area is 124 Å². The molecule has 0 aromatic rings. The van der Waals surface area contributed by atoms with Gasteiger partial charge >= 0.3 is 24.9 Å². The van der Waals surface area contributed by atoms with Gasteiger partial charge in [-0.15, -0.1) is 26.3 Å². The van der Waals surface area contributed by atoms with Crippen molar-refractivity contribution in [1.29, 1.82) is 0 Å². The molecule has 4 nitrogen and oxygen atoms in total. The van der Waals surface area contributed by atoms with Crippen molar-refractivity contribution in [3.05, 3.63) is 0 Å². The lowest BCUT2D eigenvalue weighted by Crippen LogP contribution is -2.41. The quantitative estimate of drug-likeness (QED) is 0.440. The molecule has 2 unspecified atom stereocenters. The standard InChI is InChI=1S/C8H6F12O4/c9-3(23-7(15,16)17)5(11,12)21-1-2-22-6(13,14)4(10)24-8(18,19)20/h3-4H,1-2H2. The van der Waals surface area contributed by atoms with Crippen LogP contribution in [0.4, 0.5) is 52.7 Å². The van der Waals surface area contributed by atoms with Gasteiger partial charge in [0.15, 0.2) is 0 Å². The summed E-state index contributed by atoms with van der Waals surface area (Å²) in [7, 11) is 0. The predicted molar refractivity (Wildman–Crippen MR) is 45.9 cm³/mol. The molecule has 0 spiro atoms. The van der Waals surface area contributed by atoms with Gasteiger partial charge in [-0.25, -0.2) is 18.3 Å². The van der Waals surface area contributed by atoms with Gasteiger partial charge in [0.1, 0.15) is 0 Å². The van der Waals surface area contributed by atoms with E-state index < -0.39 is 50.9 Å². The lowest BCUT2D eigenvalue weighted by atomic mass is 10.6. The maximum atomic E-state index is 12.6. The summed E-state index contributed by atoms with van der Waals surface area (Å²) in [6.45, 7) is -3.52. The minimum atomic E-state index is -5.81. The molecule has 0 fully saturated rings. The molecule has 0 aromatic heterocycles. The molecule has 24 heavy (non-hydrogen) atoms. The summed E-state index contributed by atoms with van der Waals surface area (Å²) in [5.41, 5.74) is 0. The molecule has 2 atom stereocenters. The van der Waals surface area contributed by atoms with E-state index in [0.29, 0.717) is 0 Å². The van der Waals surface area contributed by atoms with Gasteiger partial charge in [0.25, 0.3) is 12.7 Å². The Bertz CT molecular complexity index is 344. The smallest absolute Gasteiger partial charge is 0.314 e. The molecule has 0 N–H and O–H groups in total. The summed E-state index contributed by atoms with van der Waals surface area (Å²) < 4.78 is 155. The monoisotopic (exact) mass is 394 g/mol. The van der Waals surface area contributed by atoms with E-state index in [1.54, 1.807) is 0 Å². The van der Waals surface area contributed by atoms with Crippen LogP contribution in [0.3, 0.4) is 0 Å². The van der Waals surface area contributed by atoms with Gasteiger partial charge in [0.05, 0.1) is 13.2 Å². The van der Waals surface area contributed by atoms with Gasteiger partial charge in [-0.3, -0.25) is 0 Å². The van der Waals surface area contributed by atoms with E-state index in [1.165, 1.54) is 0 Å². The van der Waals surface area contributed by atoms with Crippen molar-refractivity contribution in [2.24, 2.45) is 0 Å². The van der Waals surface area contributed by atoms with Gasteiger partial charge in [0, 0.05) is 0 Å². The van der Waals surface area contributed by atoms with Crippen LogP contribution in [0.5, 0.6) is 0 Å². The van der Waals surface area contributed by atoms with Crippen molar-refractivity contribution in [3.8, 4) is 0 Å². The Morgan fingerprint density at radius 3 is 1.00 bits per heavy atom. The Balaban J connectivity index is 4.36. The van der Waals surface area contributed by atoms with Crippen LogP contribution in [-0.4, -0.2) is 50.9 Å². The van der Waals surface area contributed by atoms with Gasteiger partial charge in [-0.2, -0.15) is 17.6 Å². The summed E-state index contributed by atoms with van der Waals surface area (Å²) in [4.78, 5) is 0.